The molecule has 5 heteroatoms. The van der Waals surface area contributed by atoms with Crippen LogP contribution in [-0.4, -0.2) is 43.7 Å². The molecule has 0 heterocycles. The minimum absolute atomic E-state index is 0.167. The maximum atomic E-state index is 11.9. The summed E-state index contributed by atoms with van der Waals surface area (Å²) in [5.74, 6) is 7.90. The molecule has 0 aliphatic rings. The zero-order chi connectivity index (χ0) is 16.4. The predicted molar refractivity (Wildman–Crippen MR) is 81.7 cm³/mol. The average Bonchev–Trinajstić information content (AvgIpc) is 2.32. The molecule has 0 bridgehead atoms. The van der Waals surface area contributed by atoms with E-state index in [1.165, 1.54) is 0 Å². The van der Waals surface area contributed by atoms with E-state index in [9.17, 15) is 4.79 Å². The summed E-state index contributed by atoms with van der Waals surface area (Å²) in [7, 11) is 0. The van der Waals surface area contributed by atoms with Gasteiger partial charge in [-0.3, -0.25) is 0 Å². The van der Waals surface area contributed by atoms with E-state index in [4.69, 9.17) is 20.6 Å². The molecule has 0 aromatic carbocycles. The quantitative estimate of drug-likeness (QED) is 0.576. The Morgan fingerprint density at radius 3 is 2.19 bits per heavy atom. The summed E-state index contributed by atoms with van der Waals surface area (Å²) in [6, 6.07) is 0. The molecular formula is C16H25NO4. The second-order valence-electron chi connectivity index (χ2n) is 5.80. The Kier molecular flexibility index (Phi) is 8.54. The summed E-state index contributed by atoms with van der Waals surface area (Å²) in [6.45, 7) is 9.84. The molecule has 0 saturated carbocycles. The zero-order valence-electron chi connectivity index (χ0n) is 13.5. The van der Waals surface area contributed by atoms with Crippen molar-refractivity contribution in [3.8, 4) is 24.2 Å². The van der Waals surface area contributed by atoms with E-state index in [-0.39, 0.29) is 26.4 Å². The van der Waals surface area contributed by atoms with Crippen LogP contribution in [0.4, 0.5) is 4.79 Å². The lowest BCUT2D eigenvalue weighted by Crippen LogP contribution is -2.54. The average molecular weight is 295 g/mol. The number of hydrogen-bond donors (Lipinski definition) is 1. The summed E-state index contributed by atoms with van der Waals surface area (Å²) in [5.41, 5.74) is -1.31. The van der Waals surface area contributed by atoms with Gasteiger partial charge in [-0.05, 0) is 34.6 Å². The van der Waals surface area contributed by atoms with E-state index in [1.807, 2.05) is 0 Å². The lowest BCUT2D eigenvalue weighted by molar-refractivity contribution is 0.0112. The Morgan fingerprint density at radius 1 is 1.14 bits per heavy atom. The van der Waals surface area contributed by atoms with E-state index in [2.05, 4.69) is 23.1 Å². The lowest BCUT2D eigenvalue weighted by atomic mass is 10.1. The molecule has 0 fully saturated rings. The second kappa shape index (κ2) is 9.28. The van der Waals surface area contributed by atoms with Crippen molar-refractivity contribution in [3.05, 3.63) is 0 Å². The first-order chi connectivity index (χ1) is 9.72. The van der Waals surface area contributed by atoms with Crippen LogP contribution in [-0.2, 0) is 14.2 Å². The van der Waals surface area contributed by atoms with Crippen LogP contribution in [0, 0.1) is 24.2 Å². The normalized spacial score (nSPS) is 13.3. The van der Waals surface area contributed by atoms with Gasteiger partial charge in [0.1, 0.15) is 18.8 Å². The topological polar surface area (TPSA) is 56.8 Å². The van der Waals surface area contributed by atoms with Gasteiger partial charge in [0.15, 0.2) is 0 Å². The van der Waals surface area contributed by atoms with Crippen LogP contribution in [0.25, 0.3) is 0 Å². The third-order valence-corrected chi connectivity index (χ3v) is 2.18. The van der Waals surface area contributed by atoms with Crippen LogP contribution in [0.3, 0.4) is 0 Å². The van der Waals surface area contributed by atoms with Gasteiger partial charge in [0.2, 0.25) is 0 Å². The largest absolute Gasteiger partial charge is 0.444 e. The highest BCUT2D eigenvalue weighted by atomic mass is 16.6. The molecule has 0 rings (SSSR count). The van der Waals surface area contributed by atoms with Crippen LogP contribution in [0.2, 0.25) is 0 Å². The summed E-state index contributed by atoms with van der Waals surface area (Å²) in [6.07, 6.45) is 4.62. The van der Waals surface area contributed by atoms with Crippen molar-refractivity contribution in [2.24, 2.45) is 0 Å². The lowest BCUT2D eigenvalue weighted by Gasteiger charge is -2.31. The van der Waals surface area contributed by atoms with Gasteiger partial charge < -0.3 is 19.5 Å². The monoisotopic (exact) mass is 295 g/mol. The Labute approximate surface area is 127 Å². The summed E-state index contributed by atoms with van der Waals surface area (Å²) in [5, 5.41) is 2.76. The molecule has 0 aliphatic carbocycles. The van der Waals surface area contributed by atoms with Gasteiger partial charge in [-0.15, -0.1) is 12.3 Å². The van der Waals surface area contributed by atoms with Crippen molar-refractivity contribution in [1.82, 2.24) is 5.32 Å². The Morgan fingerprint density at radius 2 is 1.71 bits per heavy atom. The number of ether oxygens (including phenoxy) is 3. The van der Waals surface area contributed by atoms with Gasteiger partial charge >= 0.3 is 6.09 Å². The highest BCUT2D eigenvalue weighted by molar-refractivity contribution is 5.68. The van der Waals surface area contributed by atoms with Crippen LogP contribution in [0.1, 0.15) is 34.6 Å². The zero-order valence-corrected chi connectivity index (χ0v) is 13.5. The number of terminal acetylenes is 1. The summed E-state index contributed by atoms with van der Waals surface area (Å²) in [4.78, 5) is 11.9. The van der Waals surface area contributed by atoms with Crippen molar-refractivity contribution in [3.63, 3.8) is 0 Å². The van der Waals surface area contributed by atoms with Gasteiger partial charge in [-0.1, -0.05) is 11.8 Å². The third kappa shape index (κ3) is 10.7. The highest BCUT2D eigenvalue weighted by Gasteiger charge is 2.29. The van der Waals surface area contributed by atoms with Crippen LogP contribution in [0.15, 0.2) is 0 Å². The maximum absolute atomic E-state index is 11.9. The fourth-order valence-corrected chi connectivity index (χ4v) is 1.40. The first kappa shape index (κ1) is 19.3. The number of rotatable bonds is 7. The van der Waals surface area contributed by atoms with Crippen molar-refractivity contribution in [2.75, 3.05) is 26.4 Å². The van der Waals surface area contributed by atoms with Crippen molar-refractivity contribution >= 4 is 6.09 Å². The number of nitrogens with one attached hydrogen (secondary N) is 1. The van der Waals surface area contributed by atoms with E-state index >= 15 is 0 Å². The summed E-state index contributed by atoms with van der Waals surface area (Å²) < 4.78 is 16.0. The predicted octanol–water partition coefficient (Wildman–Crippen LogP) is 1.96. The molecule has 0 radical (unpaired) electrons. The second-order valence-corrected chi connectivity index (χ2v) is 5.80. The number of alkyl carbamates (subject to hydrolysis) is 1. The molecule has 1 unspecified atom stereocenters. The van der Waals surface area contributed by atoms with Crippen molar-refractivity contribution in [1.29, 1.82) is 0 Å². The molecule has 0 aromatic heterocycles. The molecule has 21 heavy (non-hydrogen) atoms. The first-order valence-electron chi connectivity index (χ1n) is 6.72. The molecule has 1 N–H and O–H groups in total. The number of hydrogen-bond acceptors (Lipinski definition) is 4. The minimum Gasteiger partial charge on any atom is -0.444 e. The Bertz CT molecular complexity index is 422. The molecule has 118 valence electrons. The van der Waals surface area contributed by atoms with Gasteiger partial charge in [0.05, 0.1) is 18.8 Å². The molecule has 0 aliphatic heterocycles. The van der Waals surface area contributed by atoms with Gasteiger partial charge in [0, 0.05) is 0 Å². The standard InChI is InChI=1S/C16H25NO4/c1-7-9-11-20-13-16(6,12-19-10-8-2)17-14(18)21-15(3,4)5/h2H,10-13H2,1,3-6H3,(H,17,18). The molecule has 1 atom stereocenters. The van der Waals surface area contributed by atoms with E-state index in [0.29, 0.717) is 0 Å². The maximum Gasteiger partial charge on any atom is 0.408 e. The van der Waals surface area contributed by atoms with E-state index in [0.717, 1.165) is 0 Å². The highest BCUT2D eigenvalue weighted by Crippen LogP contribution is 2.11. The van der Waals surface area contributed by atoms with Crippen LogP contribution >= 0.6 is 0 Å². The van der Waals surface area contributed by atoms with E-state index < -0.39 is 17.2 Å². The number of carbonyl (C=O) groups is 1. The molecule has 0 aromatic rings. The van der Waals surface area contributed by atoms with Gasteiger partial charge in [-0.2, -0.15) is 0 Å². The molecule has 0 spiro atoms. The smallest absolute Gasteiger partial charge is 0.408 e. The SMILES string of the molecule is C#CCOCC(C)(COCC#CC)NC(=O)OC(C)(C)C. The third-order valence-electron chi connectivity index (χ3n) is 2.18. The fourth-order valence-electron chi connectivity index (χ4n) is 1.40. The molecular weight excluding hydrogens is 270 g/mol. The molecule has 5 nitrogen and oxygen atoms in total. The van der Waals surface area contributed by atoms with E-state index in [1.54, 1.807) is 34.6 Å². The number of carbonyl (C=O) groups excluding carboxylic acids is 1. The number of amides is 1. The molecule has 1 amide bonds. The summed E-state index contributed by atoms with van der Waals surface area (Å²) >= 11 is 0. The van der Waals surface area contributed by atoms with Gasteiger partial charge in [0.25, 0.3) is 0 Å². The van der Waals surface area contributed by atoms with Crippen molar-refractivity contribution < 1.29 is 19.0 Å². The van der Waals surface area contributed by atoms with Crippen LogP contribution in [0.5, 0.6) is 0 Å². The Hall–Kier alpha value is -1.69. The van der Waals surface area contributed by atoms with Gasteiger partial charge in [-0.25, -0.2) is 4.79 Å². The minimum atomic E-state index is -0.741. The van der Waals surface area contributed by atoms with Crippen LogP contribution < -0.4 is 5.32 Å². The van der Waals surface area contributed by atoms with Crippen molar-refractivity contribution in [2.45, 2.75) is 45.8 Å². The Balaban J connectivity index is 4.57. The fraction of sp³-hybridized carbons (Fsp3) is 0.688. The first-order valence-corrected chi connectivity index (χ1v) is 6.72. The molecule has 0 saturated heterocycles.